The van der Waals surface area contributed by atoms with E-state index in [-0.39, 0.29) is 29.9 Å². The molecule has 0 saturated carbocycles. The van der Waals surface area contributed by atoms with E-state index >= 15 is 0 Å². The van der Waals surface area contributed by atoms with Crippen LogP contribution in [-0.2, 0) is 11.2 Å². The minimum Gasteiger partial charge on any atom is -0.448 e. The van der Waals surface area contributed by atoms with Gasteiger partial charge in [-0.25, -0.2) is 9.18 Å². The van der Waals surface area contributed by atoms with Gasteiger partial charge in [0, 0.05) is 12.0 Å². The number of fused-ring (bicyclic) bond motifs is 5. The van der Waals surface area contributed by atoms with Gasteiger partial charge >= 0.3 is 6.09 Å². The first-order valence-corrected chi connectivity index (χ1v) is 12.2. The number of rotatable bonds is 5. The second-order valence-electron chi connectivity index (χ2n) is 9.67. The van der Waals surface area contributed by atoms with Gasteiger partial charge in [0.1, 0.15) is 12.4 Å². The molecule has 3 aromatic rings. The lowest BCUT2D eigenvalue weighted by Crippen LogP contribution is -2.43. The van der Waals surface area contributed by atoms with Gasteiger partial charge in [-0.3, -0.25) is 4.90 Å². The molecule has 1 aliphatic carbocycles. The first-order chi connectivity index (χ1) is 16.7. The highest BCUT2D eigenvalue weighted by atomic mass is 19.1. The first-order valence-electron chi connectivity index (χ1n) is 12.2. The van der Waals surface area contributed by atoms with E-state index in [0.29, 0.717) is 6.61 Å². The van der Waals surface area contributed by atoms with E-state index in [4.69, 9.17) is 4.74 Å². The molecule has 1 fully saturated rings. The number of carbonyl (C=O) groups excluding carboxylic acids is 1. The Hall–Kier alpha value is -3.40. The van der Waals surface area contributed by atoms with Gasteiger partial charge in [0.2, 0.25) is 0 Å². The van der Waals surface area contributed by atoms with Crippen molar-refractivity contribution in [2.45, 2.75) is 50.1 Å². The maximum Gasteiger partial charge on any atom is 0.410 e. The lowest BCUT2D eigenvalue weighted by molar-refractivity contribution is 0.0849. The Labute approximate surface area is 199 Å². The third-order valence-electron chi connectivity index (χ3n) is 7.67. The molecule has 4 heteroatoms. The summed E-state index contributed by atoms with van der Waals surface area (Å²) in [7, 11) is 0. The number of hydrogen-bond acceptors (Lipinski definition) is 2. The van der Waals surface area contributed by atoms with Gasteiger partial charge < -0.3 is 4.74 Å². The maximum atomic E-state index is 13.2. The van der Waals surface area contributed by atoms with Gasteiger partial charge in [-0.05, 0) is 72.1 Å². The molecule has 2 aliphatic heterocycles. The number of carbonyl (C=O) groups is 1. The van der Waals surface area contributed by atoms with Crippen molar-refractivity contribution in [1.82, 2.24) is 4.90 Å². The fraction of sp³-hybridized carbons (Fsp3) is 0.300. The van der Waals surface area contributed by atoms with Crippen LogP contribution >= 0.6 is 0 Å². The van der Waals surface area contributed by atoms with Crippen molar-refractivity contribution in [3.05, 3.63) is 107 Å². The largest absolute Gasteiger partial charge is 0.448 e. The summed E-state index contributed by atoms with van der Waals surface area (Å²) >= 11 is 0. The van der Waals surface area contributed by atoms with Crippen LogP contribution in [-0.4, -0.2) is 29.7 Å². The van der Waals surface area contributed by atoms with Gasteiger partial charge in [0.15, 0.2) is 0 Å². The molecule has 0 aromatic heterocycles. The summed E-state index contributed by atoms with van der Waals surface area (Å²) in [6, 6.07) is 23.9. The summed E-state index contributed by atoms with van der Waals surface area (Å²) in [5, 5.41) is 0. The first kappa shape index (κ1) is 21.2. The van der Waals surface area contributed by atoms with Crippen molar-refractivity contribution in [2.75, 3.05) is 6.61 Å². The Morgan fingerprint density at radius 1 is 0.882 bits per heavy atom. The topological polar surface area (TPSA) is 29.5 Å². The molecule has 1 amide bonds. The molecule has 2 bridgehead atoms. The molecule has 3 aliphatic rings. The van der Waals surface area contributed by atoms with Gasteiger partial charge in [-0.2, -0.15) is 0 Å². The zero-order valence-electron chi connectivity index (χ0n) is 19.1. The van der Waals surface area contributed by atoms with Crippen LogP contribution in [0, 0.1) is 5.82 Å². The Morgan fingerprint density at radius 2 is 1.56 bits per heavy atom. The molecule has 6 rings (SSSR count). The van der Waals surface area contributed by atoms with Crippen LogP contribution in [0.25, 0.3) is 11.1 Å². The van der Waals surface area contributed by atoms with Crippen LogP contribution in [0.5, 0.6) is 0 Å². The van der Waals surface area contributed by atoms with Crippen LogP contribution in [0.2, 0.25) is 0 Å². The van der Waals surface area contributed by atoms with Gasteiger partial charge in [-0.1, -0.05) is 72.3 Å². The zero-order valence-corrected chi connectivity index (χ0v) is 19.1. The number of amides is 1. The van der Waals surface area contributed by atoms with Crippen molar-refractivity contribution >= 4 is 6.09 Å². The highest BCUT2D eigenvalue weighted by Crippen LogP contribution is 2.45. The molecule has 34 heavy (non-hydrogen) atoms. The standard InChI is InChI=1S/C30H28FNO2/c31-22-13-11-20(12-14-22)9-10-21-17-23-15-16-24(18-21)32(23)30(33)34-19-29-27-7-3-1-5-25(27)26-6-2-4-8-28(26)29/h1-8,11-14,17,23-24,29H,9-10,15-16,18-19H2. The van der Waals surface area contributed by atoms with Crippen molar-refractivity contribution < 1.29 is 13.9 Å². The SMILES string of the molecule is O=C(OCC1c2ccccc2-c2ccccc21)N1C2C=C(CCc3ccc(F)cc3)CC1CC2. The monoisotopic (exact) mass is 453 g/mol. The summed E-state index contributed by atoms with van der Waals surface area (Å²) in [6.45, 7) is 0.365. The Balaban J connectivity index is 1.12. The van der Waals surface area contributed by atoms with E-state index < -0.39 is 0 Å². The second kappa shape index (κ2) is 8.75. The maximum absolute atomic E-state index is 13.2. The Morgan fingerprint density at radius 3 is 2.24 bits per heavy atom. The number of benzene rings is 3. The molecule has 3 aromatic carbocycles. The predicted octanol–water partition coefficient (Wildman–Crippen LogP) is 6.87. The van der Waals surface area contributed by atoms with Crippen molar-refractivity contribution in [1.29, 1.82) is 0 Å². The number of ether oxygens (including phenoxy) is 1. The van der Waals surface area contributed by atoms with E-state index in [1.807, 2.05) is 17.0 Å². The van der Waals surface area contributed by atoms with Crippen LogP contribution in [0.15, 0.2) is 84.4 Å². The second-order valence-corrected chi connectivity index (χ2v) is 9.67. The van der Waals surface area contributed by atoms with E-state index in [2.05, 4.69) is 54.6 Å². The average molecular weight is 454 g/mol. The minimum absolute atomic E-state index is 0.0839. The van der Waals surface area contributed by atoms with Crippen LogP contribution in [0.1, 0.15) is 48.3 Å². The van der Waals surface area contributed by atoms with Crippen LogP contribution in [0.3, 0.4) is 0 Å². The smallest absolute Gasteiger partial charge is 0.410 e. The molecular formula is C30H28FNO2. The van der Waals surface area contributed by atoms with Crippen molar-refractivity contribution in [3.63, 3.8) is 0 Å². The highest BCUT2D eigenvalue weighted by Gasteiger charge is 2.41. The average Bonchev–Trinajstić information content (AvgIpc) is 3.33. The third-order valence-corrected chi connectivity index (χ3v) is 7.67. The number of hydrogen-bond donors (Lipinski definition) is 0. The molecule has 3 nitrogen and oxygen atoms in total. The molecule has 0 spiro atoms. The molecular weight excluding hydrogens is 425 g/mol. The normalized spacial score (nSPS) is 20.6. The molecule has 1 saturated heterocycles. The van der Waals surface area contributed by atoms with Crippen LogP contribution in [0.4, 0.5) is 9.18 Å². The Bertz CT molecular complexity index is 1200. The molecule has 0 radical (unpaired) electrons. The van der Waals surface area contributed by atoms with Crippen molar-refractivity contribution in [2.24, 2.45) is 0 Å². The van der Waals surface area contributed by atoms with Gasteiger partial charge in [0.25, 0.3) is 0 Å². The van der Waals surface area contributed by atoms with E-state index in [1.54, 1.807) is 0 Å². The van der Waals surface area contributed by atoms with Crippen molar-refractivity contribution in [3.8, 4) is 11.1 Å². The molecule has 2 atom stereocenters. The van der Waals surface area contributed by atoms with Gasteiger partial charge in [0.05, 0.1) is 6.04 Å². The molecule has 172 valence electrons. The Kier molecular flexibility index (Phi) is 5.44. The summed E-state index contributed by atoms with van der Waals surface area (Å²) in [6.07, 6.45) is 6.85. The molecule has 2 unspecified atom stereocenters. The fourth-order valence-corrected chi connectivity index (χ4v) is 6.01. The highest BCUT2D eigenvalue weighted by molar-refractivity contribution is 5.79. The zero-order chi connectivity index (χ0) is 23.1. The fourth-order valence-electron chi connectivity index (χ4n) is 6.01. The van der Waals surface area contributed by atoms with E-state index in [9.17, 15) is 9.18 Å². The lowest BCUT2D eigenvalue weighted by atomic mass is 9.95. The van der Waals surface area contributed by atoms with E-state index in [0.717, 1.165) is 37.7 Å². The summed E-state index contributed by atoms with van der Waals surface area (Å²) in [4.78, 5) is 15.2. The minimum atomic E-state index is -0.197. The van der Waals surface area contributed by atoms with Gasteiger partial charge in [-0.15, -0.1) is 0 Å². The summed E-state index contributed by atoms with van der Waals surface area (Å²) in [5.41, 5.74) is 7.51. The van der Waals surface area contributed by atoms with Crippen LogP contribution < -0.4 is 0 Å². The molecule has 2 heterocycles. The number of nitrogens with zero attached hydrogens (tertiary/aromatic N) is 1. The predicted molar refractivity (Wildman–Crippen MR) is 131 cm³/mol. The number of aryl methyl sites for hydroxylation is 1. The third kappa shape index (κ3) is 3.81. The molecule has 0 N–H and O–H groups in total. The summed E-state index contributed by atoms with van der Waals surface area (Å²) < 4.78 is 19.1. The van der Waals surface area contributed by atoms with E-state index in [1.165, 1.54) is 40.0 Å². The number of halogens is 1. The lowest BCUT2D eigenvalue weighted by Gasteiger charge is -2.33. The quantitative estimate of drug-likeness (QED) is 0.395. The summed E-state index contributed by atoms with van der Waals surface area (Å²) in [5.74, 6) is -0.113.